The number of rotatable bonds is 4. The van der Waals surface area contributed by atoms with E-state index in [1.54, 1.807) is 4.90 Å². The Morgan fingerprint density at radius 1 is 1.14 bits per heavy atom. The highest BCUT2D eigenvalue weighted by atomic mass is 16.2. The van der Waals surface area contributed by atoms with Gasteiger partial charge in [-0.05, 0) is 64.8 Å². The van der Waals surface area contributed by atoms with Crippen LogP contribution in [0.3, 0.4) is 0 Å². The molecule has 2 fully saturated rings. The Labute approximate surface area is 170 Å². The van der Waals surface area contributed by atoms with E-state index in [9.17, 15) is 9.59 Å². The Morgan fingerprint density at radius 2 is 1.86 bits per heavy atom. The van der Waals surface area contributed by atoms with Gasteiger partial charge in [-0.2, -0.15) is 0 Å². The minimum atomic E-state index is -0.541. The van der Waals surface area contributed by atoms with Crippen molar-refractivity contribution in [3.8, 4) is 0 Å². The normalized spacial score (nSPS) is 20.7. The van der Waals surface area contributed by atoms with Gasteiger partial charge in [0.05, 0.1) is 11.7 Å². The first-order chi connectivity index (χ1) is 14.0. The van der Waals surface area contributed by atoms with E-state index in [0.29, 0.717) is 18.7 Å². The number of benzene rings is 1. The second-order valence-corrected chi connectivity index (χ2v) is 7.94. The van der Waals surface area contributed by atoms with Crippen LogP contribution in [-0.4, -0.2) is 52.5 Å². The van der Waals surface area contributed by atoms with Gasteiger partial charge in [0, 0.05) is 12.2 Å². The summed E-state index contributed by atoms with van der Waals surface area (Å²) in [6.45, 7) is 6.44. The van der Waals surface area contributed by atoms with Crippen LogP contribution in [0.4, 0.5) is 5.69 Å². The van der Waals surface area contributed by atoms with Crippen LogP contribution in [0.2, 0.25) is 0 Å². The zero-order valence-electron chi connectivity index (χ0n) is 17.0. The fourth-order valence-electron chi connectivity index (χ4n) is 4.17. The zero-order valence-corrected chi connectivity index (χ0v) is 17.0. The van der Waals surface area contributed by atoms with Gasteiger partial charge in [0.25, 0.3) is 5.91 Å². The van der Waals surface area contributed by atoms with E-state index < -0.39 is 6.04 Å². The summed E-state index contributed by atoms with van der Waals surface area (Å²) in [5.74, 6) is -0.399. The van der Waals surface area contributed by atoms with Crippen molar-refractivity contribution in [3.05, 3.63) is 41.2 Å². The monoisotopic (exact) mass is 396 g/mol. The van der Waals surface area contributed by atoms with Crippen LogP contribution in [0, 0.1) is 13.8 Å². The Morgan fingerprint density at radius 3 is 2.59 bits per heavy atom. The van der Waals surface area contributed by atoms with Crippen molar-refractivity contribution in [2.24, 2.45) is 0 Å². The van der Waals surface area contributed by atoms with Crippen molar-refractivity contribution < 1.29 is 9.59 Å². The lowest BCUT2D eigenvalue weighted by atomic mass is 10.0. The lowest BCUT2D eigenvalue weighted by Crippen LogP contribution is -2.52. The number of aromatic nitrogens is 3. The number of anilines is 1. The maximum Gasteiger partial charge on any atom is 0.274 e. The molecule has 0 spiro atoms. The highest BCUT2D eigenvalue weighted by molar-refractivity contribution is 6.02. The Hall–Kier alpha value is -2.74. The minimum Gasteiger partial charge on any atom is -0.339 e. The molecule has 2 aliphatic heterocycles. The molecule has 154 valence electrons. The van der Waals surface area contributed by atoms with Gasteiger partial charge in [0.15, 0.2) is 5.69 Å². The molecule has 0 bridgehead atoms. The molecule has 8 nitrogen and oxygen atoms in total. The molecule has 0 radical (unpaired) electrons. The van der Waals surface area contributed by atoms with Crippen molar-refractivity contribution in [1.29, 1.82) is 0 Å². The molecule has 2 saturated heterocycles. The summed E-state index contributed by atoms with van der Waals surface area (Å²) < 4.78 is 1.86. The third-order valence-electron chi connectivity index (χ3n) is 5.89. The maximum absolute atomic E-state index is 13.0. The molecule has 4 rings (SSSR count). The number of piperidine rings is 2. The fraction of sp³-hybridized carbons (Fsp3) is 0.524. The van der Waals surface area contributed by atoms with Crippen LogP contribution < -0.4 is 15.5 Å². The molecule has 29 heavy (non-hydrogen) atoms. The van der Waals surface area contributed by atoms with Crippen LogP contribution in [-0.2, 0) is 4.79 Å². The molecule has 2 amide bonds. The van der Waals surface area contributed by atoms with E-state index in [2.05, 4.69) is 20.9 Å². The Kier molecular flexibility index (Phi) is 5.62. The minimum absolute atomic E-state index is 0.0724. The number of hydrogen-bond acceptors (Lipinski definition) is 5. The molecular weight excluding hydrogens is 368 g/mol. The third-order valence-corrected chi connectivity index (χ3v) is 5.89. The van der Waals surface area contributed by atoms with Gasteiger partial charge in [-0.1, -0.05) is 22.9 Å². The second-order valence-electron chi connectivity index (χ2n) is 7.94. The molecule has 8 heteroatoms. The van der Waals surface area contributed by atoms with E-state index in [0.717, 1.165) is 49.3 Å². The van der Waals surface area contributed by atoms with E-state index in [1.807, 2.05) is 42.8 Å². The number of carbonyl (C=O) groups excluding carboxylic acids is 2. The molecule has 1 atom stereocenters. The largest absolute Gasteiger partial charge is 0.339 e. The Balaban J connectivity index is 1.46. The molecule has 1 aromatic heterocycles. The van der Waals surface area contributed by atoms with E-state index >= 15 is 0 Å². The van der Waals surface area contributed by atoms with Gasteiger partial charge >= 0.3 is 0 Å². The van der Waals surface area contributed by atoms with E-state index in [-0.39, 0.29) is 17.9 Å². The summed E-state index contributed by atoms with van der Waals surface area (Å²) in [7, 11) is 0. The summed E-state index contributed by atoms with van der Waals surface area (Å²) >= 11 is 0. The summed E-state index contributed by atoms with van der Waals surface area (Å²) in [6, 6.07) is 7.61. The Bertz CT molecular complexity index is 885. The van der Waals surface area contributed by atoms with Crippen LogP contribution in [0.5, 0.6) is 0 Å². The molecule has 2 aromatic rings. The number of hydrogen-bond donors (Lipinski definition) is 2. The van der Waals surface area contributed by atoms with Gasteiger partial charge in [0.1, 0.15) is 6.04 Å². The lowest BCUT2D eigenvalue weighted by molar-refractivity contribution is -0.121. The highest BCUT2D eigenvalue weighted by Crippen LogP contribution is 2.23. The molecule has 3 heterocycles. The average molecular weight is 396 g/mol. The summed E-state index contributed by atoms with van der Waals surface area (Å²) in [4.78, 5) is 27.6. The smallest absolute Gasteiger partial charge is 0.274 e. The predicted molar refractivity (Wildman–Crippen MR) is 110 cm³/mol. The molecule has 1 aromatic carbocycles. The van der Waals surface area contributed by atoms with E-state index in [4.69, 9.17) is 0 Å². The van der Waals surface area contributed by atoms with Crippen LogP contribution in [0.25, 0.3) is 0 Å². The quantitative estimate of drug-likeness (QED) is 0.821. The molecule has 0 aliphatic carbocycles. The number of nitrogens with one attached hydrogen (secondary N) is 2. The SMILES string of the molecule is Cc1ccc(N2CCCC(NC(=O)c3nnn(C4CCNCC4)c3C)C2=O)cc1. The van der Waals surface area contributed by atoms with Gasteiger partial charge in [0.2, 0.25) is 5.91 Å². The summed E-state index contributed by atoms with van der Waals surface area (Å²) in [5.41, 5.74) is 3.08. The zero-order chi connectivity index (χ0) is 20.4. The van der Waals surface area contributed by atoms with Crippen LogP contribution in [0.1, 0.15) is 53.5 Å². The molecule has 1 unspecified atom stereocenters. The lowest BCUT2D eigenvalue weighted by Gasteiger charge is -2.32. The third kappa shape index (κ3) is 4.03. The molecule has 2 aliphatic rings. The first-order valence-corrected chi connectivity index (χ1v) is 10.4. The number of nitrogens with zero attached hydrogens (tertiary/aromatic N) is 4. The van der Waals surface area contributed by atoms with Crippen LogP contribution >= 0.6 is 0 Å². The predicted octanol–water partition coefficient (Wildman–Crippen LogP) is 1.74. The van der Waals surface area contributed by atoms with E-state index in [1.165, 1.54) is 0 Å². The maximum atomic E-state index is 13.0. The first-order valence-electron chi connectivity index (χ1n) is 10.4. The molecule has 2 N–H and O–H groups in total. The van der Waals surface area contributed by atoms with Crippen molar-refractivity contribution >= 4 is 17.5 Å². The van der Waals surface area contributed by atoms with Gasteiger partial charge in [-0.25, -0.2) is 4.68 Å². The fourth-order valence-corrected chi connectivity index (χ4v) is 4.17. The van der Waals surface area contributed by atoms with Crippen LogP contribution in [0.15, 0.2) is 24.3 Å². The van der Waals surface area contributed by atoms with Gasteiger partial charge in [-0.15, -0.1) is 5.10 Å². The molecular formula is C21H28N6O2. The number of amides is 2. The topological polar surface area (TPSA) is 92.2 Å². The van der Waals surface area contributed by atoms with Crippen molar-refractivity contribution in [2.45, 2.75) is 51.6 Å². The molecule has 0 saturated carbocycles. The average Bonchev–Trinajstić information content (AvgIpc) is 3.12. The van der Waals surface area contributed by atoms with Gasteiger partial charge in [-0.3, -0.25) is 9.59 Å². The van der Waals surface area contributed by atoms with Crippen molar-refractivity contribution in [3.63, 3.8) is 0 Å². The number of aryl methyl sites for hydroxylation is 1. The highest BCUT2D eigenvalue weighted by Gasteiger charge is 2.32. The second kappa shape index (κ2) is 8.32. The standard InChI is InChI=1S/C21H28N6O2/c1-14-5-7-16(8-6-14)26-13-3-4-18(21(26)29)23-20(28)19-15(2)27(25-24-19)17-9-11-22-12-10-17/h5-8,17-18,22H,3-4,9-13H2,1-2H3,(H,23,28). The summed E-state index contributed by atoms with van der Waals surface area (Å²) in [5, 5.41) is 14.6. The number of carbonyl (C=O) groups is 2. The van der Waals surface area contributed by atoms with Gasteiger partial charge < -0.3 is 15.5 Å². The summed E-state index contributed by atoms with van der Waals surface area (Å²) in [6.07, 6.45) is 3.41. The van der Waals surface area contributed by atoms with Crippen molar-refractivity contribution in [2.75, 3.05) is 24.5 Å². The first kappa shape index (κ1) is 19.6. The van der Waals surface area contributed by atoms with Crippen molar-refractivity contribution in [1.82, 2.24) is 25.6 Å².